The van der Waals surface area contributed by atoms with E-state index in [2.05, 4.69) is 4.74 Å². The van der Waals surface area contributed by atoms with E-state index in [9.17, 15) is 4.79 Å². The molecule has 5 nitrogen and oxygen atoms in total. The first-order valence-corrected chi connectivity index (χ1v) is 3.38. The number of hydroxylamine groups is 2. The van der Waals surface area contributed by atoms with E-state index in [0.717, 1.165) is 0 Å². The van der Waals surface area contributed by atoms with Gasteiger partial charge in [-0.1, -0.05) is 0 Å². The molecule has 1 aliphatic heterocycles. The molecule has 1 rings (SSSR count). The van der Waals surface area contributed by atoms with E-state index >= 15 is 0 Å². The van der Waals surface area contributed by atoms with Gasteiger partial charge in [-0.3, -0.25) is 4.84 Å². The number of carbonyl (C=O) groups is 1. The van der Waals surface area contributed by atoms with Gasteiger partial charge in [0.2, 0.25) is 0 Å². The standard InChI is InChI=1S/C6H12N2O3/c1-8-5(7)3-4(11-8)6(9)10-2/h4-5H,3,7H2,1-2H3/t4-,5-/m1/s1. The number of hydrogen-bond acceptors (Lipinski definition) is 5. The topological polar surface area (TPSA) is 64.8 Å². The Morgan fingerprint density at radius 2 is 2.45 bits per heavy atom. The van der Waals surface area contributed by atoms with Crippen molar-refractivity contribution in [3.05, 3.63) is 0 Å². The molecule has 11 heavy (non-hydrogen) atoms. The molecule has 0 bridgehead atoms. The van der Waals surface area contributed by atoms with Gasteiger partial charge in [0, 0.05) is 13.5 Å². The van der Waals surface area contributed by atoms with E-state index in [4.69, 9.17) is 10.6 Å². The summed E-state index contributed by atoms with van der Waals surface area (Å²) in [6.07, 6.45) is -0.248. The number of hydrogen-bond donors (Lipinski definition) is 1. The Balaban J connectivity index is 2.46. The number of carbonyl (C=O) groups excluding carboxylic acids is 1. The fourth-order valence-electron chi connectivity index (χ4n) is 0.960. The van der Waals surface area contributed by atoms with E-state index in [1.54, 1.807) is 7.05 Å². The third-order valence-corrected chi connectivity index (χ3v) is 1.68. The average Bonchev–Trinajstić information content (AvgIpc) is 2.31. The maximum absolute atomic E-state index is 10.9. The summed E-state index contributed by atoms with van der Waals surface area (Å²) in [5.41, 5.74) is 5.55. The Bertz CT molecular complexity index is 152. The minimum Gasteiger partial charge on any atom is -0.467 e. The van der Waals surface area contributed by atoms with Crippen molar-refractivity contribution < 1.29 is 14.4 Å². The molecule has 2 N–H and O–H groups in total. The monoisotopic (exact) mass is 160 g/mol. The van der Waals surface area contributed by atoms with E-state index in [-0.39, 0.29) is 12.1 Å². The van der Waals surface area contributed by atoms with Crippen LogP contribution < -0.4 is 5.73 Å². The van der Waals surface area contributed by atoms with Gasteiger partial charge in [-0.15, -0.1) is 0 Å². The Labute approximate surface area is 65.0 Å². The van der Waals surface area contributed by atoms with Gasteiger partial charge in [0.15, 0.2) is 6.10 Å². The molecular weight excluding hydrogens is 148 g/mol. The molecule has 0 saturated carbocycles. The minimum absolute atomic E-state index is 0.209. The Morgan fingerprint density at radius 1 is 1.82 bits per heavy atom. The molecular formula is C6H12N2O3. The molecule has 1 aliphatic rings. The molecule has 0 amide bonds. The van der Waals surface area contributed by atoms with Crippen molar-refractivity contribution in [3.63, 3.8) is 0 Å². The fourth-order valence-corrected chi connectivity index (χ4v) is 0.960. The Kier molecular flexibility index (Phi) is 2.43. The number of nitrogens with zero attached hydrogens (tertiary/aromatic N) is 1. The van der Waals surface area contributed by atoms with Crippen LogP contribution in [-0.2, 0) is 14.4 Å². The van der Waals surface area contributed by atoms with Crippen molar-refractivity contribution in [1.82, 2.24) is 5.06 Å². The fraction of sp³-hybridized carbons (Fsp3) is 0.833. The molecule has 0 unspecified atom stereocenters. The van der Waals surface area contributed by atoms with Gasteiger partial charge >= 0.3 is 5.97 Å². The molecule has 64 valence electrons. The third kappa shape index (κ3) is 1.68. The van der Waals surface area contributed by atoms with Crippen molar-refractivity contribution in [3.8, 4) is 0 Å². The predicted molar refractivity (Wildman–Crippen MR) is 37.2 cm³/mol. The van der Waals surface area contributed by atoms with E-state index in [0.29, 0.717) is 6.42 Å². The number of ether oxygens (including phenoxy) is 1. The zero-order chi connectivity index (χ0) is 8.43. The van der Waals surface area contributed by atoms with E-state index < -0.39 is 6.10 Å². The Morgan fingerprint density at radius 3 is 2.82 bits per heavy atom. The summed E-state index contributed by atoms with van der Waals surface area (Å²) in [6, 6.07) is 0. The summed E-state index contributed by atoms with van der Waals surface area (Å²) in [5.74, 6) is -0.371. The highest BCUT2D eigenvalue weighted by molar-refractivity contribution is 5.74. The second kappa shape index (κ2) is 3.17. The largest absolute Gasteiger partial charge is 0.467 e. The average molecular weight is 160 g/mol. The first-order chi connectivity index (χ1) is 5.15. The highest BCUT2D eigenvalue weighted by Crippen LogP contribution is 2.15. The predicted octanol–water partition coefficient (Wildman–Crippen LogP) is -0.920. The van der Waals surface area contributed by atoms with Gasteiger partial charge in [-0.05, 0) is 0 Å². The van der Waals surface area contributed by atoms with Gasteiger partial charge in [-0.2, -0.15) is 5.06 Å². The van der Waals surface area contributed by atoms with Crippen molar-refractivity contribution in [2.24, 2.45) is 5.73 Å². The van der Waals surface area contributed by atoms with Gasteiger partial charge in [-0.25, -0.2) is 4.79 Å². The summed E-state index contributed by atoms with van der Waals surface area (Å²) in [5, 5.41) is 1.46. The minimum atomic E-state index is -0.528. The van der Waals surface area contributed by atoms with Crippen molar-refractivity contribution in [1.29, 1.82) is 0 Å². The summed E-state index contributed by atoms with van der Waals surface area (Å²) in [7, 11) is 3.02. The smallest absolute Gasteiger partial charge is 0.337 e. The lowest BCUT2D eigenvalue weighted by Crippen LogP contribution is -2.31. The number of nitrogens with two attached hydrogens (primary N) is 1. The highest BCUT2D eigenvalue weighted by Gasteiger charge is 2.33. The Hall–Kier alpha value is -0.650. The molecule has 0 aliphatic carbocycles. The molecule has 1 saturated heterocycles. The first-order valence-electron chi connectivity index (χ1n) is 3.38. The molecule has 5 heteroatoms. The van der Waals surface area contributed by atoms with E-state index in [1.807, 2.05) is 0 Å². The number of methoxy groups -OCH3 is 1. The summed E-state index contributed by atoms with van der Waals surface area (Å²) in [6.45, 7) is 0. The van der Waals surface area contributed by atoms with Crippen LogP contribution in [0, 0.1) is 0 Å². The van der Waals surface area contributed by atoms with Crippen molar-refractivity contribution in [2.75, 3.05) is 14.2 Å². The SMILES string of the molecule is COC(=O)[C@H]1C[C@H](N)N(C)O1. The van der Waals surface area contributed by atoms with Crippen molar-refractivity contribution >= 4 is 5.97 Å². The maximum atomic E-state index is 10.9. The van der Waals surface area contributed by atoms with Crippen LogP contribution in [0.3, 0.4) is 0 Å². The number of esters is 1. The van der Waals surface area contributed by atoms with Crippen LogP contribution in [0.25, 0.3) is 0 Å². The third-order valence-electron chi connectivity index (χ3n) is 1.68. The molecule has 0 aromatic rings. The lowest BCUT2D eigenvalue weighted by molar-refractivity contribution is -0.178. The molecule has 2 atom stereocenters. The second-order valence-electron chi connectivity index (χ2n) is 2.47. The molecule has 0 aromatic heterocycles. The van der Waals surface area contributed by atoms with Crippen LogP contribution in [0.5, 0.6) is 0 Å². The molecule has 0 spiro atoms. The zero-order valence-electron chi connectivity index (χ0n) is 6.61. The van der Waals surface area contributed by atoms with Crippen LogP contribution in [0.15, 0.2) is 0 Å². The van der Waals surface area contributed by atoms with Crippen molar-refractivity contribution in [2.45, 2.75) is 18.7 Å². The van der Waals surface area contributed by atoms with E-state index in [1.165, 1.54) is 12.2 Å². The molecule has 1 heterocycles. The van der Waals surface area contributed by atoms with Gasteiger partial charge in [0.25, 0.3) is 0 Å². The highest BCUT2D eigenvalue weighted by atomic mass is 16.7. The summed E-state index contributed by atoms with van der Waals surface area (Å²) < 4.78 is 4.48. The number of rotatable bonds is 1. The summed E-state index contributed by atoms with van der Waals surface area (Å²) in [4.78, 5) is 15.9. The lowest BCUT2D eigenvalue weighted by Gasteiger charge is -2.11. The first kappa shape index (κ1) is 8.45. The zero-order valence-corrected chi connectivity index (χ0v) is 6.61. The van der Waals surface area contributed by atoms with Crippen LogP contribution >= 0.6 is 0 Å². The van der Waals surface area contributed by atoms with Crippen LogP contribution in [0.4, 0.5) is 0 Å². The van der Waals surface area contributed by atoms with Gasteiger partial charge in [0.05, 0.1) is 13.3 Å². The van der Waals surface area contributed by atoms with Crippen LogP contribution in [0.2, 0.25) is 0 Å². The maximum Gasteiger partial charge on any atom is 0.337 e. The normalized spacial score (nSPS) is 32.3. The van der Waals surface area contributed by atoms with Gasteiger partial charge < -0.3 is 10.5 Å². The van der Waals surface area contributed by atoms with Crippen LogP contribution in [0.1, 0.15) is 6.42 Å². The second-order valence-corrected chi connectivity index (χ2v) is 2.47. The van der Waals surface area contributed by atoms with Gasteiger partial charge in [0.1, 0.15) is 0 Å². The lowest BCUT2D eigenvalue weighted by atomic mass is 10.2. The molecule has 0 aromatic carbocycles. The summed E-state index contributed by atoms with van der Waals surface area (Å²) >= 11 is 0. The quantitative estimate of drug-likeness (QED) is 0.502. The van der Waals surface area contributed by atoms with Crippen LogP contribution in [-0.4, -0.2) is 37.5 Å². The molecule has 1 fully saturated rings. The molecule has 0 radical (unpaired) electrons.